The molecule has 1 aromatic carbocycles. The van der Waals surface area contributed by atoms with E-state index in [0.29, 0.717) is 41.6 Å². The number of H-pyrrole nitrogens is 1. The number of fused-ring (bicyclic) bond motifs is 1. The van der Waals surface area contributed by atoms with E-state index in [9.17, 15) is 0 Å². The van der Waals surface area contributed by atoms with Crippen LogP contribution in [-0.4, -0.2) is 58.6 Å². The van der Waals surface area contributed by atoms with E-state index >= 15 is 0 Å². The maximum Gasteiger partial charge on any atom is 0.184 e. The van der Waals surface area contributed by atoms with Crippen LogP contribution in [0.4, 0.5) is 17.2 Å². The van der Waals surface area contributed by atoms with Crippen LogP contribution < -0.4 is 15.0 Å². The molecule has 148 valence electrons. The largest absolute Gasteiger partial charge is 0.495 e. The number of ether oxygens (including phenoxy) is 2. The maximum atomic E-state index is 5.63. The minimum atomic E-state index is 0.451. The van der Waals surface area contributed by atoms with Gasteiger partial charge in [0.15, 0.2) is 18.0 Å². The number of rotatable bonds is 5. The molecule has 0 spiro atoms. The molecule has 1 fully saturated rings. The summed E-state index contributed by atoms with van der Waals surface area (Å²) in [6.07, 6.45) is 4.50. The number of aromatic nitrogens is 5. The lowest BCUT2D eigenvalue weighted by atomic mass is 10.2. The van der Waals surface area contributed by atoms with Crippen molar-refractivity contribution in [2.45, 2.75) is 0 Å². The average molecular weight is 393 g/mol. The second kappa shape index (κ2) is 7.40. The standard InChI is InChI=1S/C19H19N7O3/c1-27-16-8-12(2-3-15(16)26-4-6-28-7-5-26)22-19-17-13(9-21-25-17)23-18(24-19)14-10-29-11-20-14/h2-3,8-11H,4-7H2,1H3,(H,21,25)(H,22,23,24). The number of hydrogen-bond donors (Lipinski definition) is 2. The third-order valence-electron chi connectivity index (χ3n) is 4.76. The van der Waals surface area contributed by atoms with Gasteiger partial charge >= 0.3 is 0 Å². The van der Waals surface area contributed by atoms with Crippen molar-refractivity contribution in [3.63, 3.8) is 0 Å². The first-order chi connectivity index (χ1) is 14.3. The Kier molecular flexibility index (Phi) is 4.45. The van der Waals surface area contributed by atoms with Gasteiger partial charge in [0.2, 0.25) is 0 Å². The fourth-order valence-electron chi connectivity index (χ4n) is 3.33. The molecule has 10 nitrogen and oxygen atoms in total. The highest BCUT2D eigenvalue weighted by atomic mass is 16.5. The zero-order chi connectivity index (χ0) is 19.6. The first-order valence-corrected chi connectivity index (χ1v) is 9.19. The Morgan fingerprint density at radius 2 is 2.10 bits per heavy atom. The summed E-state index contributed by atoms with van der Waals surface area (Å²) in [6.45, 7) is 3.11. The molecule has 2 N–H and O–H groups in total. The second-order valence-electron chi connectivity index (χ2n) is 6.51. The van der Waals surface area contributed by atoms with Gasteiger partial charge in [-0.2, -0.15) is 5.10 Å². The van der Waals surface area contributed by atoms with Crippen molar-refractivity contribution < 1.29 is 13.9 Å². The van der Waals surface area contributed by atoms with Gasteiger partial charge in [-0.15, -0.1) is 0 Å². The Balaban J connectivity index is 1.50. The van der Waals surface area contributed by atoms with Crippen molar-refractivity contribution in [3.05, 3.63) is 37.1 Å². The van der Waals surface area contributed by atoms with Crippen LogP contribution in [0.15, 0.2) is 41.5 Å². The predicted octanol–water partition coefficient (Wildman–Crippen LogP) is 2.60. The third kappa shape index (κ3) is 3.34. The number of nitrogens with one attached hydrogen (secondary N) is 2. The lowest BCUT2D eigenvalue weighted by Crippen LogP contribution is -2.36. The molecule has 29 heavy (non-hydrogen) atoms. The number of morpholine rings is 1. The van der Waals surface area contributed by atoms with Gasteiger partial charge < -0.3 is 24.1 Å². The Bertz CT molecular complexity index is 1120. The molecule has 4 aromatic rings. The van der Waals surface area contributed by atoms with Gasteiger partial charge in [-0.3, -0.25) is 5.10 Å². The summed E-state index contributed by atoms with van der Waals surface area (Å²) in [4.78, 5) is 15.5. The minimum Gasteiger partial charge on any atom is -0.495 e. The van der Waals surface area contributed by atoms with Crippen molar-refractivity contribution in [3.8, 4) is 17.3 Å². The summed E-state index contributed by atoms with van der Waals surface area (Å²) in [5.74, 6) is 1.82. The van der Waals surface area contributed by atoms with Crippen molar-refractivity contribution in [1.82, 2.24) is 25.1 Å². The van der Waals surface area contributed by atoms with Gasteiger partial charge in [0, 0.05) is 24.8 Å². The summed E-state index contributed by atoms with van der Waals surface area (Å²) in [5.41, 5.74) is 3.81. The van der Waals surface area contributed by atoms with E-state index < -0.39 is 0 Å². The number of oxazole rings is 1. The van der Waals surface area contributed by atoms with Gasteiger partial charge in [0.25, 0.3) is 0 Å². The molecule has 1 aliphatic rings. The number of aromatic amines is 1. The fraction of sp³-hybridized carbons (Fsp3) is 0.263. The molecule has 1 saturated heterocycles. The van der Waals surface area contributed by atoms with Crippen LogP contribution in [0, 0.1) is 0 Å². The molecule has 0 aliphatic carbocycles. The molecule has 3 aromatic heterocycles. The van der Waals surface area contributed by atoms with E-state index in [2.05, 4.69) is 35.4 Å². The number of benzene rings is 1. The summed E-state index contributed by atoms with van der Waals surface area (Å²) >= 11 is 0. The zero-order valence-electron chi connectivity index (χ0n) is 15.8. The fourth-order valence-corrected chi connectivity index (χ4v) is 3.33. The molecule has 5 rings (SSSR count). The first-order valence-electron chi connectivity index (χ1n) is 9.19. The molecule has 0 amide bonds. The van der Waals surface area contributed by atoms with Gasteiger partial charge in [0.05, 0.1) is 32.2 Å². The lowest BCUT2D eigenvalue weighted by Gasteiger charge is -2.30. The van der Waals surface area contributed by atoms with Crippen LogP contribution in [0.25, 0.3) is 22.6 Å². The van der Waals surface area contributed by atoms with Gasteiger partial charge in [-0.05, 0) is 12.1 Å². The Hall–Kier alpha value is -3.66. The lowest BCUT2D eigenvalue weighted by molar-refractivity contribution is 0.122. The normalized spacial score (nSPS) is 14.3. The third-order valence-corrected chi connectivity index (χ3v) is 4.76. The summed E-state index contributed by atoms with van der Waals surface area (Å²) < 4.78 is 16.1. The molecule has 0 saturated carbocycles. The summed E-state index contributed by atoms with van der Waals surface area (Å²) in [5, 5.41) is 10.4. The topological polar surface area (TPSA) is 114 Å². The Morgan fingerprint density at radius 1 is 1.21 bits per heavy atom. The van der Waals surface area contributed by atoms with Crippen LogP contribution in [-0.2, 0) is 4.74 Å². The van der Waals surface area contributed by atoms with E-state index in [-0.39, 0.29) is 0 Å². The van der Waals surface area contributed by atoms with E-state index in [1.165, 1.54) is 12.7 Å². The molecule has 0 bridgehead atoms. The zero-order valence-corrected chi connectivity index (χ0v) is 15.8. The SMILES string of the molecule is COc1cc(Nc2nc(-c3cocn3)nc3cn[nH]c23)ccc1N1CCOCC1. The number of hydrogen-bond acceptors (Lipinski definition) is 9. The maximum absolute atomic E-state index is 5.63. The van der Waals surface area contributed by atoms with Crippen LogP contribution in [0.1, 0.15) is 0 Å². The van der Waals surface area contributed by atoms with Gasteiger partial charge in [-0.25, -0.2) is 15.0 Å². The van der Waals surface area contributed by atoms with Crippen molar-refractivity contribution in [1.29, 1.82) is 0 Å². The highest BCUT2D eigenvalue weighted by molar-refractivity contribution is 5.88. The van der Waals surface area contributed by atoms with Gasteiger partial charge in [0.1, 0.15) is 28.7 Å². The molecular weight excluding hydrogens is 374 g/mol. The first kappa shape index (κ1) is 17.4. The van der Waals surface area contributed by atoms with Crippen molar-refractivity contribution in [2.75, 3.05) is 43.6 Å². The van der Waals surface area contributed by atoms with Crippen molar-refractivity contribution >= 4 is 28.2 Å². The highest BCUT2D eigenvalue weighted by Crippen LogP contribution is 2.33. The number of nitrogens with zero attached hydrogens (tertiary/aromatic N) is 5. The minimum absolute atomic E-state index is 0.451. The quantitative estimate of drug-likeness (QED) is 0.528. The molecule has 0 atom stereocenters. The molecule has 1 aliphatic heterocycles. The van der Waals surface area contributed by atoms with Crippen LogP contribution >= 0.6 is 0 Å². The molecule has 0 radical (unpaired) electrons. The Labute approximate surface area is 165 Å². The smallest absolute Gasteiger partial charge is 0.184 e. The predicted molar refractivity (Wildman–Crippen MR) is 106 cm³/mol. The molecule has 0 unspecified atom stereocenters. The van der Waals surface area contributed by atoms with E-state index in [1.807, 2.05) is 18.2 Å². The number of methoxy groups -OCH3 is 1. The molecule has 10 heteroatoms. The molecular formula is C19H19N7O3. The van der Waals surface area contributed by atoms with E-state index in [0.717, 1.165) is 30.2 Å². The summed E-state index contributed by atoms with van der Waals surface area (Å²) in [6, 6.07) is 5.98. The van der Waals surface area contributed by atoms with Crippen molar-refractivity contribution in [2.24, 2.45) is 0 Å². The van der Waals surface area contributed by atoms with Crippen LogP contribution in [0.3, 0.4) is 0 Å². The van der Waals surface area contributed by atoms with Crippen LogP contribution in [0.5, 0.6) is 5.75 Å². The molecule has 4 heterocycles. The van der Waals surface area contributed by atoms with Gasteiger partial charge in [-0.1, -0.05) is 0 Å². The van der Waals surface area contributed by atoms with E-state index in [1.54, 1.807) is 13.3 Å². The Morgan fingerprint density at radius 3 is 2.90 bits per heavy atom. The monoisotopic (exact) mass is 393 g/mol. The van der Waals surface area contributed by atoms with E-state index in [4.69, 9.17) is 13.9 Å². The average Bonchev–Trinajstić information content (AvgIpc) is 3.46. The number of anilines is 3. The second-order valence-corrected chi connectivity index (χ2v) is 6.51. The summed E-state index contributed by atoms with van der Waals surface area (Å²) in [7, 11) is 1.67. The highest BCUT2D eigenvalue weighted by Gasteiger charge is 2.17. The van der Waals surface area contributed by atoms with Crippen LogP contribution in [0.2, 0.25) is 0 Å².